The molecule has 0 unspecified atom stereocenters. The molecular formula is C8H10N2O7S2. The van der Waals surface area contributed by atoms with Crippen molar-refractivity contribution in [1.29, 1.82) is 0 Å². The highest BCUT2D eigenvalue weighted by atomic mass is 32.1. The summed E-state index contributed by atoms with van der Waals surface area (Å²) in [5.74, 6) is 0. The molecule has 2 amide bonds. The van der Waals surface area contributed by atoms with Gasteiger partial charge in [0.05, 0.1) is 12.2 Å². The molecule has 9 nitrogen and oxygen atoms in total. The van der Waals surface area contributed by atoms with Crippen LogP contribution in [0.25, 0.3) is 0 Å². The van der Waals surface area contributed by atoms with E-state index in [4.69, 9.17) is 4.74 Å². The van der Waals surface area contributed by atoms with E-state index in [-0.39, 0.29) is 48.3 Å². The van der Waals surface area contributed by atoms with Crippen molar-refractivity contribution < 1.29 is 32.2 Å². The lowest BCUT2D eigenvalue weighted by molar-refractivity contribution is -0.0175. The summed E-state index contributed by atoms with van der Waals surface area (Å²) < 4.78 is 40.4. The normalized spacial score (nSPS) is 21.3. The van der Waals surface area contributed by atoms with Crippen molar-refractivity contribution in [3.05, 3.63) is 0 Å². The number of rotatable bonds is 4. The van der Waals surface area contributed by atoms with Gasteiger partial charge in [-0.05, 0) is 12.8 Å². The van der Waals surface area contributed by atoms with Crippen molar-refractivity contribution in [2.24, 2.45) is 8.73 Å². The van der Waals surface area contributed by atoms with E-state index in [2.05, 4.69) is 18.2 Å². The first-order valence-electron chi connectivity index (χ1n) is 5.14. The van der Waals surface area contributed by atoms with E-state index >= 15 is 0 Å². The zero-order chi connectivity index (χ0) is 14.1. The molecule has 0 aromatic heterocycles. The smallest absolute Gasteiger partial charge is 0.444 e. The van der Waals surface area contributed by atoms with E-state index in [1.54, 1.807) is 0 Å². The Morgan fingerprint density at radius 1 is 1.00 bits per heavy atom. The van der Waals surface area contributed by atoms with Gasteiger partial charge in [0.2, 0.25) is 22.9 Å². The van der Waals surface area contributed by atoms with Gasteiger partial charge in [0.15, 0.2) is 0 Å². The van der Waals surface area contributed by atoms with E-state index < -0.39 is 12.2 Å². The molecule has 0 aromatic carbocycles. The topological polar surface area (TPSA) is 121 Å². The molecule has 1 aliphatic heterocycles. The first-order chi connectivity index (χ1) is 9.15. The molecule has 0 bridgehead atoms. The summed E-state index contributed by atoms with van der Waals surface area (Å²) in [5, 5.41) is 0. The maximum atomic E-state index is 10.8. The molecule has 0 radical (unpaired) electrons. The van der Waals surface area contributed by atoms with E-state index in [9.17, 15) is 18.0 Å². The Bertz CT molecular complexity index is 404. The molecule has 1 saturated heterocycles. The largest absolute Gasteiger partial charge is 0.447 e. The summed E-state index contributed by atoms with van der Waals surface area (Å²) in [6.07, 6.45) is -1.33. The third-order valence-corrected chi connectivity index (χ3v) is 2.65. The minimum Gasteiger partial charge on any atom is -0.444 e. The minimum absolute atomic E-state index is 0.0197. The molecule has 11 heteroatoms. The Labute approximate surface area is 115 Å². The lowest BCUT2D eigenvalue weighted by Crippen LogP contribution is -2.21. The maximum Gasteiger partial charge on any atom is 0.447 e. The second-order valence-electron chi connectivity index (χ2n) is 3.44. The summed E-state index contributed by atoms with van der Waals surface area (Å²) in [5.41, 5.74) is 0. The van der Waals surface area contributed by atoms with E-state index in [1.165, 1.54) is 0 Å². The second-order valence-corrected chi connectivity index (χ2v) is 4.11. The Kier molecular flexibility index (Phi) is 7.07. The van der Waals surface area contributed by atoms with Gasteiger partial charge in [-0.3, -0.25) is 0 Å². The van der Waals surface area contributed by atoms with Crippen molar-refractivity contribution in [3.8, 4) is 0 Å². The van der Waals surface area contributed by atoms with Gasteiger partial charge in [0.1, 0.15) is 13.2 Å². The van der Waals surface area contributed by atoms with Crippen LogP contribution < -0.4 is 0 Å². The highest BCUT2D eigenvalue weighted by molar-refractivity contribution is 7.55. The molecule has 106 valence electrons. The van der Waals surface area contributed by atoms with Gasteiger partial charge in [-0.15, -0.1) is 0 Å². The summed E-state index contributed by atoms with van der Waals surface area (Å²) >= 11 is -0.454. The van der Waals surface area contributed by atoms with Crippen LogP contribution in [0.2, 0.25) is 0 Å². The summed E-state index contributed by atoms with van der Waals surface area (Å²) in [4.78, 5) is 21.6. The van der Waals surface area contributed by atoms with Crippen LogP contribution in [-0.4, -0.2) is 46.0 Å². The van der Waals surface area contributed by atoms with Crippen LogP contribution in [0.15, 0.2) is 8.73 Å². The SMILES string of the molecule is O=S=NC(=O)OC[C@H]1CC[C@@H](COC(=O)N=S=O)O1. The number of hydrogen-bond acceptors (Lipinski definition) is 7. The number of ether oxygens (including phenoxy) is 3. The second kappa shape index (κ2) is 8.61. The first-order valence-corrected chi connectivity index (χ1v) is 6.54. The van der Waals surface area contributed by atoms with Crippen LogP contribution >= 0.6 is 0 Å². The van der Waals surface area contributed by atoms with Crippen molar-refractivity contribution in [2.75, 3.05) is 13.2 Å². The minimum atomic E-state index is -0.954. The molecule has 1 rings (SSSR count). The monoisotopic (exact) mass is 310 g/mol. The van der Waals surface area contributed by atoms with Gasteiger partial charge in [-0.2, -0.15) is 8.42 Å². The highest BCUT2D eigenvalue weighted by Crippen LogP contribution is 2.20. The Morgan fingerprint density at radius 2 is 1.42 bits per heavy atom. The Balaban J connectivity index is 2.22. The molecule has 0 N–H and O–H groups in total. The fraction of sp³-hybridized carbons (Fsp3) is 0.750. The highest BCUT2D eigenvalue weighted by Gasteiger charge is 2.27. The molecule has 1 aliphatic rings. The summed E-state index contributed by atoms with van der Waals surface area (Å²) in [6.45, 7) is -0.0394. The average molecular weight is 310 g/mol. The average Bonchev–Trinajstić information content (AvgIpc) is 2.83. The van der Waals surface area contributed by atoms with Crippen molar-refractivity contribution in [1.82, 2.24) is 0 Å². The number of amides is 2. The van der Waals surface area contributed by atoms with Crippen molar-refractivity contribution >= 4 is 35.1 Å². The van der Waals surface area contributed by atoms with Gasteiger partial charge in [-0.25, -0.2) is 9.59 Å². The van der Waals surface area contributed by atoms with Crippen LogP contribution in [0, 0.1) is 0 Å². The standard InChI is InChI=1S/C8H10N2O7S2/c11-7(9-18-13)15-3-5-1-2-6(17-5)4-16-8(12)10-19-14/h5-6H,1-4H2/t5-,6+. The van der Waals surface area contributed by atoms with Gasteiger partial charge >= 0.3 is 12.2 Å². The van der Waals surface area contributed by atoms with Crippen molar-refractivity contribution in [3.63, 3.8) is 0 Å². The maximum absolute atomic E-state index is 10.8. The summed E-state index contributed by atoms with van der Waals surface area (Å²) in [7, 11) is 0. The zero-order valence-electron chi connectivity index (χ0n) is 9.55. The quantitative estimate of drug-likeness (QED) is 0.745. The molecule has 0 aliphatic carbocycles. The third kappa shape index (κ3) is 6.31. The van der Waals surface area contributed by atoms with Crippen LogP contribution in [0.1, 0.15) is 12.8 Å². The van der Waals surface area contributed by atoms with E-state index in [1.807, 2.05) is 0 Å². The van der Waals surface area contributed by atoms with Gasteiger partial charge in [-0.1, -0.05) is 8.73 Å². The molecule has 19 heavy (non-hydrogen) atoms. The predicted molar refractivity (Wildman–Crippen MR) is 61.7 cm³/mol. The van der Waals surface area contributed by atoms with Crippen LogP contribution in [0.3, 0.4) is 0 Å². The van der Waals surface area contributed by atoms with Gasteiger partial charge in [0.25, 0.3) is 0 Å². The molecule has 2 atom stereocenters. The first kappa shape index (κ1) is 15.6. The van der Waals surface area contributed by atoms with Crippen LogP contribution in [0.5, 0.6) is 0 Å². The van der Waals surface area contributed by atoms with Crippen molar-refractivity contribution in [2.45, 2.75) is 25.0 Å². The molecule has 0 spiro atoms. The lowest BCUT2D eigenvalue weighted by Gasteiger charge is -2.12. The third-order valence-electron chi connectivity index (χ3n) is 2.20. The Hall–Kier alpha value is -1.46. The number of nitrogens with zero attached hydrogens (tertiary/aromatic N) is 2. The predicted octanol–water partition coefficient (Wildman–Crippen LogP) is 0.600. The molecule has 1 fully saturated rings. The number of carbonyl (C=O) groups is 2. The van der Waals surface area contributed by atoms with Crippen LogP contribution in [0.4, 0.5) is 9.59 Å². The molecule has 1 heterocycles. The Morgan fingerprint density at radius 3 is 1.79 bits per heavy atom. The molecule has 0 aromatic rings. The number of carbonyl (C=O) groups excluding carboxylic acids is 2. The van der Waals surface area contributed by atoms with Gasteiger partial charge in [0, 0.05) is 0 Å². The van der Waals surface area contributed by atoms with Crippen LogP contribution in [-0.2, 0) is 37.1 Å². The molecular weight excluding hydrogens is 300 g/mol. The zero-order valence-corrected chi connectivity index (χ0v) is 11.2. The fourth-order valence-corrected chi connectivity index (χ4v) is 1.69. The fourth-order valence-electron chi connectivity index (χ4n) is 1.47. The lowest BCUT2D eigenvalue weighted by atomic mass is 10.2. The van der Waals surface area contributed by atoms with Gasteiger partial charge < -0.3 is 14.2 Å². The van der Waals surface area contributed by atoms with E-state index in [0.717, 1.165) is 0 Å². The van der Waals surface area contributed by atoms with E-state index in [0.29, 0.717) is 12.8 Å². The number of hydrogen-bond donors (Lipinski definition) is 0. The summed E-state index contributed by atoms with van der Waals surface area (Å²) in [6, 6.07) is 0. The molecule has 0 saturated carbocycles.